The zero-order valence-electron chi connectivity index (χ0n) is 17.4. The molecule has 0 radical (unpaired) electrons. The van der Waals surface area contributed by atoms with Crippen molar-refractivity contribution < 1.29 is 19.1 Å². The number of amides is 2. The predicted octanol–water partition coefficient (Wildman–Crippen LogP) is 3.35. The summed E-state index contributed by atoms with van der Waals surface area (Å²) < 4.78 is 5.23. The lowest BCUT2D eigenvalue weighted by Crippen LogP contribution is -2.57. The van der Waals surface area contributed by atoms with Gasteiger partial charge >= 0.3 is 5.97 Å². The van der Waals surface area contributed by atoms with E-state index in [-0.39, 0.29) is 18.2 Å². The minimum absolute atomic E-state index is 0.241. The van der Waals surface area contributed by atoms with Gasteiger partial charge in [-0.3, -0.25) is 19.7 Å². The summed E-state index contributed by atoms with van der Waals surface area (Å²) >= 11 is 1.50. The number of rotatable bonds is 5. The number of fused-ring (bicyclic) bond motifs is 1. The Bertz CT molecular complexity index is 1150. The average molecular weight is 447 g/mol. The molecule has 7 heteroatoms. The first kappa shape index (κ1) is 20.6. The smallest absolute Gasteiger partial charge is 0.327 e. The molecule has 2 amide bonds. The first-order chi connectivity index (χ1) is 15.6. The molecule has 0 aliphatic carbocycles. The average Bonchev–Trinajstić information content (AvgIpc) is 3.52. The number of nitrogens with one attached hydrogen (secondary N) is 1. The number of thiophene rings is 1. The Hall–Kier alpha value is -3.29. The van der Waals surface area contributed by atoms with Crippen molar-refractivity contribution in [2.75, 3.05) is 12.0 Å². The van der Waals surface area contributed by atoms with Crippen LogP contribution in [0.1, 0.15) is 16.5 Å². The maximum Gasteiger partial charge on any atom is 0.327 e. The Morgan fingerprint density at radius 2 is 1.69 bits per heavy atom. The molecule has 3 aromatic rings. The third-order valence-electron chi connectivity index (χ3n) is 6.39. The number of hydrogen-bond donors (Lipinski definition) is 1. The van der Waals surface area contributed by atoms with Crippen LogP contribution in [-0.4, -0.2) is 30.4 Å². The number of methoxy groups -OCH3 is 1. The Balaban J connectivity index is 1.66. The number of hydrogen-bond acceptors (Lipinski definition) is 6. The van der Waals surface area contributed by atoms with Crippen LogP contribution < -0.4 is 10.2 Å². The second-order valence-electron chi connectivity index (χ2n) is 8.11. The van der Waals surface area contributed by atoms with Gasteiger partial charge in [0.05, 0.1) is 30.7 Å². The molecule has 32 heavy (non-hydrogen) atoms. The molecule has 2 fully saturated rings. The first-order valence-electron chi connectivity index (χ1n) is 10.4. The highest BCUT2D eigenvalue weighted by Crippen LogP contribution is 2.51. The van der Waals surface area contributed by atoms with E-state index in [4.69, 9.17) is 4.74 Å². The quantitative estimate of drug-likeness (QED) is 0.481. The van der Waals surface area contributed by atoms with Gasteiger partial charge in [-0.15, -0.1) is 11.3 Å². The Labute approximate surface area is 189 Å². The molecule has 5 rings (SSSR count). The monoisotopic (exact) mass is 446 g/mol. The normalized spacial score (nSPS) is 26.9. The van der Waals surface area contributed by atoms with E-state index in [2.05, 4.69) is 5.32 Å². The molecule has 0 bridgehead atoms. The standard InChI is InChI=1S/C25H22N2O4S/c1-31-24(30)25(15-16-9-4-2-5-10-16)20-19(21(26-25)18-13-8-14-32-18)22(28)27(23(20)29)17-11-6-3-7-12-17/h2-14,19-21,26H,15H2,1H3/t19-,20+,21-,25+/m0/s1. The van der Waals surface area contributed by atoms with Gasteiger partial charge in [-0.05, 0) is 29.1 Å². The number of carbonyl (C=O) groups is 3. The molecule has 4 atom stereocenters. The van der Waals surface area contributed by atoms with Gasteiger partial charge < -0.3 is 4.74 Å². The molecule has 2 saturated heterocycles. The third kappa shape index (κ3) is 3.08. The van der Waals surface area contributed by atoms with E-state index in [0.29, 0.717) is 5.69 Å². The predicted molar refractivity (Wildman–Crippen MR) is 121 cm³/mol. The third-order valence-corrected chi connectivity index (χ3v) is 7.35. The molecule has 0 saturated carbocycles. The van der Waals surface area contributed by atoms with Crippen molar-refractivity contribution in [1.29, 1.82) is 0 Å². The summed E-state index contributed by atoms with van der Waals surface area (Å²) in [6.07, 6.45) is 0.241. The second-order valence-corrected chi connectivity index (χ2v) is 9.09. The van der Waals surface area contributed by atoms with Crippen LogP contribution in [0.2, 0.25) is 0 Å². The van der Waals surface area contributed by atoms with E-state index in [1.54, 1.807) is 24.3 Å². The molecule has 6 nitrogen and oxygen atoms in total. The van der Waals surface area contributed by atoms with E-state index < -0.39 is 29.4 Å². The highest BCUT2D eigenvalue weighted by atomic mass is 32.1. The molecule has 0 spiro atoms. The van der Waals surface area contributed by atoms with Crippen LogP contribution in [0.4, 0.5) is 5.69 Å². The minimum Gasteiger partial charge on any atom is -0.468 e. The number of ether oxygens (including phenoxy) is 1. The van der Waals surface area contributed by atoms with Crippen LogP contribution in [0.25, 0.3) is 0 Å². The fourth-order valence-corrected chi connectivity index (χ4v) is 5.89. The SMILES string of the molecule is COC(=O)[C@]1(Cc2ccccc2)N[C@@H](c2cccs2)[C@H]2C(=O)N(c3ccccc3)C(=O)[C@@H]21. The molecule has 2 aliphatic heterocycles. The van der Waals surface area contributed by atoms with Gasteiger partial charge in [0.1, 0.15) is 5.54 Å². The summed E-state index contributed by atoms with van der Waals surface area (Å²) in [4.78, 5) is 42.9. The number of imide groups is 1. The van der Waals surface area contributed by atoms with Gasteiger partial charge in [0.2, 0.25) is 11.8 Å². The van der Waals surface area contributed by atoms with Crippen LogP contribution in [-0.2, 0) is 25.5 Å². The van der Waals surface area contributed by atoms with E-state index in [1.165, 1.54) is 23.3 Å². The molecule has 162 valence electrons. The summed E-state index contributed by atoms with van der Waals surface area (Å²) in [6, 6.07) is 21.8. The van der Waals surface area contributed by atoms with Crippen LogP contribution in [0, 0.1) is 11.8 Å². The maximum absolute atomic E-state index is 13.8. The van der Waals surface area contributed by atoms with Crippen molar-refractivity contribution in [3.8, 4) is 0 Å². The van der Waals surface area contributed by atoms with Crippen molar-refractivity contribution in [3.05, 3.63) is 88.6 Å². The molecule has 2 aromatic carbocycles. The van der Waals surface area contributed by atoms with Crippen LogP contribution in [0.15, 0.2) is 78.2 Å². The summed E-state index contributed by atoms with van der Waals surface area (Å²) in [6.45, 7) is 0. The summed E-state index contributed by atoms with van der Waals surface area (Å²) in [5.41, 5.74) is 0.0424. The van der Waals surface area contributed by atoms with Gasteiger partial charge in [-0.2, -0.15) is 0 Å². The lowest BCUT2D eigenvalue weighted by molar-refractivity contribution is -0.152. The van der Waals surface area contributed by atoms with Crippen LogP contribution in [0.3, 0.4) is 0 Å². The topological polar surface area (TPSA) is 75.7 Å². The number of carbonyl (C=O) groups excluding carboxylic acids is 3. The summed E-state index contributed by atoms with van der Waals surface area (Å²) in [5, 5.41) is 5.34. The highest BCUT2D eigenvalue weighted by Gasteiger charge is 2.69. The fourth-order valence-electron chi connectivity index (χ4n) is 5.07. The Morgan fingerprint density at radius 1 is 1.00 bits per heavy atom. The van der Waals surface area contributed by atoms with Gasteiger partial charge in [-0.1, -0.05) is 54.6 Å². The number of esters is 1. The minimum atomic E-state index is -1.36. The van der Waals surface area contributed by atoms with E-state index in [0.717, 1.165) is 10.4 Å². The van der Waals surface area contributed by atoms with E-state index in [1.807, 2.05) is 53.9 Å². The van der Waals surface area contributed by atoms with Crippen molar-refractivity contribution in [1.82, 2.24) is 5.32 Å². The van der Waals surface area contributed by atoms with Gasteiger partial charge in [0, 0.05) is 11.3 Å². The van der Waals surface area contributed by atoms with Crippen molar-refractivity contribution in [2.24, 2.45) is 11.8 Å². The Kier molecular flexibility index (Phi) is 5.15. The molecule has 1 N–H and O–H groups in total. The highest BCUT2D eigenvalue weighted by molar-refractivity contribution is 7.10. The second kappa shape index (κ2) is 8.00. The van der Waals surface area contributed by atoms with Crippen LogP contribution >= 0.6 is 11.3 Å². The summed E-state index contributed by atoms with van der Waals surface area (Å²) in [7, 11) is 1.32. The lowest BCUT2D eigenvalue weighted by atomic mass is 9.76. The number of anilines is 1. The first-order valence-corrected chi connectivity index (χ1v) is 11.3. The molecular formula is C25H22N2O4S. The molecule has 3 heterocycles. The zero-order valence-corrected chi connectivity index (χ0v) is 18.2. The van der Waals surface area contributed by atoms with Gasteiger partial charge in [-0.25, -0.2) is 4.90 Å². The summed E-state index contributed by atoms with van der Waals surface area (Å²) in [5.74, 6) is -2.79. The molecule has 1 aromatic heterocycles. The number of benzene rings is 2. The lowest BCUT2D eigenvalue weighted by Gasteiger charge is -2.32. The van der Waals surface area contributed by atoms with E-state index >= 15 is 0 Å². The molecule has 0 unspecified atom stereocenters. The molecular weight excluding hydrogens is 424 g/mol. The number of para-hydroxylation sites is 1. The zero-order chi connectivity index (χ0) is 22.3. The largest absolute Gasteiger partial charge is 0.468 e. The fraction of sp³-hybridized carbons (Fsp3) is 0.240. The number of nitrogens with zero attached hydrogens (tertiary/aromatic N) is 1. The van der Waals surface area contributed by atoms with Crippen molar-refractivity contribution in [3.63, 3.8) is 0 Å². The van der Waals surface area contributed by atoms with Crippen LogP contribution in [0.5, 0.6) is 0 Å². The van der Waals surface area contributed by atoms with Gasteiger partial charge in [0.25, 0.3) is 0 Å². The Morgan fingerprint density at radius 3 is 2.31 bits per heavy atom. The molecule has 2 aliphatic rings. The van der Waals surface area contributed by atoms with Crippen molar-refractivity contribution in [2.45, 2.75) is 18.0 Å². The van der Waals surface area contributed by atoms with Gasteiger partial charge in [0.15, 0.2) is 0 Å². The van der Waals surface area contributed by atoms with E-state index in [9.17, 15) is 14.4 Å². The van der Waals surface area contributed by atoms with Crippen molar-refractivity contribution >= 4 is 34.8 Å². The maximum atomic E-state index is 13.8.